The number of para-hydroxylation sites is 2. The van der Waals surface area contributed by atoms with Gasteiger partial charge in [0.25, 0.3) is 10.0 Å². The van der Waals surface area contributed by atoms with E-state index in [-0.39, 0.29) is 0 Å². The fraction of sp³-hybridized carbons (Fsp3) is 0. The largest absolute Gasteiger partial charge is 0.279 e. The molecule has 1 aliphatic rings. The van der Waals surface area contributed by atoms with E-state index in [1.165, 1.54) is 0 Å². The molecule has 0 bridgehead atoms. The predicted molar refractivity (Wildman–Crippen MR) is 85.4 cm³/mol. The lowest BCUT2D eigenvalue weighted by Gasteiger charge is -2.05. The number of nitrogens with zero attached hydrogens (tertiary/aromatic N) is 2. The van der Waals surface area contributed by atoms with Gasteiger partial charge in [-0.2, -0.15) is 0 Å². The van der Waals surface area contributed by atoms with Crippen LogP contribution in [0.5, 0.6) is 0 Å². The van der Waals surface area contributed by atoms with Crippen molar-refractivity contribution in [2.75, 3.05) is 4.72 Å². The number of nitrogens with one attached hydrogen (secondary N) is 1. The lowest BCUT2D eigenvalue weighted by Crippen LogP contribution is -2.05. The minimum atomic E-state index is -3.49. The van der Waals surface area contributed by atoms with E-state index in [1.54, 1.807) is 18.2 Å². The zero-order valence-electron chi connectivity index (χ0n) is 11.2. The minimum absolute atomic E-state index is 0.303. The van der Waals surface area contributed by atoms with Crippen molar-refractivity contribution in [1.29, 1.82) is 0 Å². The number of aromatic nitrogens is 2. The highest BCUT2D eigenvalue weighted by atomic mass is 32.2. The van der Waals surface area contributed by atoms with Crippen LogP contribution in [-0.4, -0.2) is 18.4 Å². The van der Waals surface area contributed by atoms with Crippen LogP contribution >= 0.6 is 0 Å². The van der Waals surface area contributed by atoms with Crippen LogP contribution in [0, 0.1) is 0 Å². The maximum absolute atomic E-state index is 12.2. The molecule has 5 nitrogen and oxygen atoms in total. The SMILES string of the molecule is O=S1(=O)Nc2cc3nc4ccccc4nc3c3cccc1c23. The standard InChI is InChI=1S/C16H9N3O2S/c20-22(21)14-7-3-4-9-15(14)12(19-22)8-13-16(9)18-11-6-2-1-5-10(11)17-13/h1-8,19H. The molecule has 0 aliphatic carbocycles. The van der Waals surface area contributed by atoms with Crippen molar-refractivity contribution in [3.63, 3.8) is 0 Å². The summed E-state index contributed by atoms with van der Waals surface area (Å²) in [4.78, 5) is 9.59. The highest BCUT2D eigenvalue weighted by molar-refractivity contribution is 7.93. The van der Waals surface area contributed by atoms with Crippen molar-refractivity contribution in [2.45, 2.75) is 4.90 Å². The van der Waals surface area contributed by atoms with Gasteiger partial charge in [-0.1, -0.05) is 24.3 Å². The van der Waals surface area contributed by atoms with E-state index in [1.807, 2.05) is 30.3 Å². The molecule has 0 saturated heterocycles. The van der Waals surface area contributed by atoms with Crippen molar-refractivity contribution in [2.24, 2.45) is 0 Å². The van der Waals surface area contributed by atoms with Crippen LogP contribution in [0.2, 0.25) is 0 Å². The second kappa shape index (κ2) is 3.72. The summed E-state index contributed by atoms with van der Waals surface area (Å²) >= 11 is 0. The quantitative estimate of drug-likeness (QED) is 0.400. The number of rotatable bonds is 0. The zero-order chi connectivity index (χ0) is 14.9. The van der Waals surface area contributed by atoms with E-state index in [9.17, 15) is 8.42 Å². The molecule has 4 aromatic rings. The number of hydrogen-bond acceptors (Lipinski definition) is 4. The lowest BCUT2D eigenvalue weighted by molar-refractivity contribution is 0.603. The molecule has 0 unspecified atom stereocenters. The summed E-state index contributed by atoms with van der Waals surface area (Å²) in [5.74, 6) is 0. The van der Waals surface area contributed by atoms with Crippen molar-refractivity contribution in [1.82, 2.24) is 9.97 Å². The normalized spacial score (nSPS) is 15.5. The molecule has 6 heteroatoms. The van der Waals surface area contributed by atoms with Gasteiger partial charge in [0.1, 0.15) is 0 Å². The molecule has 106 valence electrons. The number of sulfonamides is 1. The van der Waals surface area contributed by atoms with Gasteiger partial charge in [-0.3, -0.25) is 4.72 Å². The van der Waals surface area contributed by atoms with Gasteiger partial charge in [0.15, 0.2) is 0 Å². The van der Waals surface area contributed by atoms with Gasteiger partial charge < -0.3 is 0 Å². The number of anilines is 1. The Hall–Kier alpha value is -2.73. The monoisotopic (exact) mass is 307 g/mol. The Morgan fingerprint density at radius 2 is 1.64 bits per heavy atom. The van der Waals surface area contributed by atoms with Crippen LogP contribution in [0.15, 0.2) is 53.4 Å². The van der Waals surface area contributed by atoms with Crippen LogP contribution in [-0.2, 0) is 10.0 Å². The van der Waals surface area contributed by atoms with E-state index < -0.39 is 10.0 Å². The summed E-state index contributed by atoms with van der Waals surface area (Å²) in [7, 11) is -3.49. The maximum atomic E-state index is 12.2. The maximum Gasteiger partial charge on any atom is 0.262 e. The Bertz CT molecular complexity index is 1220. The fourth-order valence-corrected chi connectivity index (χ4v) is 4.34. The topological polar surface area (TPSA) is 72.0 Å². The molecule has 0 atom stereocenters. The summed E-state index contributed by atoms with van der Waals surface area (Å²) in [5, 5.41) is 1.50. The van der Waals surface area contributed by atoms with Crippen LogP contribution in [0.1, 0.15) is 0 Å². The number of fused-ring (bicyclic) bond motifs is 3. The second-order valence-corrected chi connectivity index (χ2v) is 6.94. The number of hydrogen-bond donors (Lipinski definition) is 1. The Morgan fingerprint density at radius 1 is 0.864 bits per heavy atom. The van der Waals surface area contributed by atoms with Crippen LogP contribution in [0.3, 0.4) is 0 Å². The molecule has 3 aromatic carbocycles. The summed E-state index contributed by atoms with van der Waals surface area (Å²) < 4.78 is 27.0. The molecule has 0 amide bonds. The smallest absolute Gasteiger partial charge is 0.262 e. The first-order valence-corrected chi connectivity index (χ1v) is 8.27. The van der Waals surface area contributed by atoms with Crippen LogP contribution in [0.25, 0.3) is 32.8 Å². The highest BCUT2D eigenvalue weighted by Crippen LogP contribution is 2.40. The number of benzene rings is 3. The van der Waals surface area contributed by atoms with Gasteiger partial charge in [-0.15, -0.1) is 0 Å². The van der Waals surface area contributed by atoms with Crippen molar-refractivity contribution in [3.05, 3.63) is 48.5 Å². The van der Waals surface area contributed by atoms with E-state index in [0.717, 1.165) is 21.9 Å². The molecule has 2 heterocycles. The second-order valence-electron chi connectivity index (χ2n) is 5.29. The highest BCUT2D eigenvalue weighted by Gasteiger charge is 2.28. The Balaban J connectivity index is 2.07. The molecule has 0 spiro atoms. The van der Waals surface area contributed by atoms with Crippen LogP contribution < -0.4 is 4.72 Å². The third kappa shape index (κ3) is 1.39. The summed E-state index contributed by atoms with van der Waals surface area (Å²) in [6, 6.07) is 14.6. The van der Waals surface area contributed by atoms with Crippen molar-refractivity contribution in [3.8, 4) is 0 Å². The molecular weight excluding hydrogens is 298 g/mol. The Labute approximate surface area is 125 Å². The molecule has 0 saturated carbocycles. The Kier molecular flexibility index (Phi) is 2.01. The van der Waals surface area contributed by atoms with Gasteiger partial charge >= 0.3 is 0 Å². The molecule has 0 radical (unpaired) electrons. The van der Waals surface area contributed by atoms with Gasteiger partial charge in [-0.25, -0.2) is 18.4 Å². The summed E-state index contributed by atoms with van der Waals surface area (Å²) in [6.07, 6.45) is 0. The van der Waals surface area contributed by atoms with Gasteiger partial charge in [-0.05, 0) is 24.3 Å². The third-order valence-corrected chi connectivity index (χ3v) is 5.37. The van der Waals surface area contributed by atoms with E-state index in [0.29, 0.717) is 21.5 Å². The third-order valence-electron chi connectivity index (χ3n) is 3.96. The predicted octanol–water partition coefficient (Wildman–Crippen LogP) is 3.05. The molecule has 1 aliphatic heterocycles. The minimum Gasteiger partial charge on any atom is -0.279 e. The van der Waals surface area contributed by atoms with Crippen LogP contribution in [0.4, 0.5) is 5.69 Å². The van der Waals surface area contributed by atoms with Gasteiger partial charge in [0.2, 0.25) is 0 Å². The van der Waals surface area contributed by atoms with Gasteiger partial charge in [0.05, 0.1) is 32.6 Å². The van der Waals surface area contributed by atoms with E-state index in [2.05, 4.69) is 14.7 Å². The van der Waals surface area contributed by atoms with Crippen molar-refractivity contribution < 1.29 is 8.42 Å². The molecular formula is C16H9N3O2S. The molecule has 1 aromatic heterocycles. The van der Waals surface area contributed by atoms with E-state index >= 15 is 0 Å². The molecule has 1 N–H and O–H groups in total. The first kappa shape index (κ1) is 11.9. The summed E-state index contributed by atoms with van der Waals surface area (Å²) in [5.41, 5.74) is 3.56. The van der Waals surface area contributed by atoms with Crippen molar-refractivity contribution >= 4 is 48.5 Å². The average Bonchev–Trinajstić information content (AvgIpc) is 2.78. The van der Waals surface area contributed by atoms with E-state index in [4.69, 9.17) is 0 Å². The average molecular weight is 307 g/mol. The molecule has 5 rings (SSSR count). The first-order chi connectivity index (χ1) is 10.6. The zero-order valence-corrected chi connectivity index (χ0v) is 12.1. The molecule has 0 fully saturated rings. The fourth-order valence-electron chi connectivity index (χ4n) is 3.03. The molecule has 22 heavy (non-hydrogen) atoms. The first-order valence-electron chi connectivity index (χ1n) is 6.78. The summed E-state index contributed by atoms with van der Waals surface area (Å²) in [6.45, 7) is 0. The lowest BCUT2D eigenvalue weighted by atomic mass is 10.1. The Morgan fingerprint density at radius 3 is 2.45 bits per heavy atom. The van der Waals surface area contributed by atoms with Gasteiger partial charge in [0, 0.05) is 10.8 Å².